The Morgan fingerprint density at radius 3 is 2.50 bits per heavy atom. The van der Waals surface area contributed by atoms with Crippen LogP contribution in [0.1, 0.15) is 32.1 Å². The van der Waals surface area contributed by atoms with E-state index in [1.54, 1.807) is 12.1 Å². The molecule has 2 aliphatic rings. The van der Waals surface area contributed by atoms with Crippen molar-refractivity contribution in [2.24, 2.45) is 11.8 Å². The van der Waals surface area contributed by atoms with Gasteiger partial charge in [-0.1, -0.05) is 28.8 Å². The van der Waals surface area contributed by atoms with Crippen molar-refractivity contribution in [1.29, 1.82) is 0 Å². The second-order valence-electron chi connectivity index (χ2n) is 7.31. The molecule has 0 bridgehead atoms. The Labute approximate surface area is 162 Å². The van der Waals surface area contributed by atoms with Crippen LogP contribution in [0.3, 0.4) is 0 Å². The first-order valence-electron chi connectivity index (χ1n) is 9.40. The van der Waals surface area contributed by atoms with E-state index < -0.39 is 0 Å². The van der Waals surface area contributed by atoms with Crippen LogP contribution in [0.4, 0.5) is 0 Å². The molecular weight excluding hydrogens is 398 g/mol. The number of hydrogen-bond acceptors (Lipinski definition) is 3. The van der Waals surface area contributed by atoms with E-state index in [2.05, 4.69) is 26.8 Å². The van der Waals surface area contributed by atoms with Crippen molar-refractivity contribution >= 4 is 27.7 Å². The highest BCUT2D eigenvalue weighted by Crippen LogP contribution is 2.32. The fourth-order valence-electron chi connectivity index (χ4n) is 4.08. The number of likely N-dealkylation sites (tertiary alicyclic amines) is 1. The summed E-state index contributed by atoms with van der Waals surface area (Å²) in [5, 5.41) is 0. The van der Waals surface area contributed by atoms with Crippen molar-refractivity contribution in [2.75, 3.05) is 26.2 Å². The predicted octanol–water partition coefficient (Wildman–Crippen LogP) is 1.07. The topological polar surface area (TPSA) is 71.9 Å². The van der Waals surface area contributed by atoms with Crippen LogP contribution in [-0.4, -0.2) is 38.1 Å². The number of nitrogens with one attached hydrogen (secondary N) is 3. The quantitative estimate of drug-likeness (QED) is 0.619. The average molecular weight is 425 g/mol. The van der Waals surface area contributed by atoms with Gasteiger partial charge in [0.2, 0.25) is 0 Å². The van der Waals surface area contributed by atoms with E-state index in [0.29, 0.717) is 12.3 Å². The summed E-state index contributed by atoms with van der Waals surface area (Å²) in [6.45, 7) is 2.41. The number of rotatable bonds is 5. The number of carbonyl (C=O) groups is 2. The van der Waals surface area contributed by atoms with Gasteiger partial charge in [0.1, 0.15) is 5.75 Å². The van der Waals surface area contributed by atoms with Crippen LogP contribution in [0.5, 0.6) is 5.75 Å². The largest absolute Gasteiger partial charge is 0.484 e. The van der Waals surface area contributed by atoms with Gasteiger partial charge in [0.05, 0.1) is 13.1 Å². The zero-order valence-electron chi connectivity index (χ0n) is 14.9. The van der Waals surface area contributed by atoms with E-state index in [4.69, 9.17) is 4.74 Å². The summed E-state index contributed by atoms with van der Waals surface area (Å²) in [6, 6.07) is 7.23. The van der Waals surface area contributed by atoms with Gasteiger partial charge < -0.3 is 9.64 Å². The molecule has 1 unspecified atom stereocenters. The SMILES string of the molecule is O=C(COc1ccc(Br)cc1)NNC(=O)C[NH+]1CC[C@H]2CCCC[C@@H]2C1. The summed E-state index contributed by atoms with van der Waals surface area (Å²) >= 11 is 3.34. The molecule has 1 aliphatic heterocycles. The molecule has 142 valence electrons. The number of carbonyl (C=O) groups excluding carboxylic acids is 2. The van der Waals surface area contributed by atoms with Gasteiger partial charge in [0.15, 0.2) is 13.2 Å². The van der Waals surface area contributed by atoms with E-state index in [9.17, 15) is 9.59 Å². The van der Waals surface area contributed by atoms with Crippen LogP contribution in [0.15, 0.2) is 28.7 Å². The lowest BCUT2D eigenvalue weighted by Crippen LogP contribution is -3.15. The molecule has 1 aromatic rings. The first-order valence-corrected chi connectivity index (χ1v) is 10.2. The number of fused-ring (bicyclic) bond motifs is 1. The molecular formula is C19H27BrN3O3+. The maximum absolute atomic E-state index is 12.1. The normalized spacial score (nSPS) is 25.0. The van der Waals surface area contributed by atoms with Gasteiger partial charge in [-0.05, 0) is 49.4 Å². The number of amides is 2. The lowest BCUT2D eigenvalue weighted by atomic mass is 9.75. The van der Waals surface area contributed by atoms with Crippen LogP contribution in [0.2, 0.25) is 0 Å². The van der Waals surface area contributed by atoms with Crippen molar-refractivity contribution < 1.29 is 19.2 Å². The molecule has 3 N–H and O–H groups in total. The van der Waals surface area contributed by atoms with Gasteiger partial charge in [-0.25, -0.2) is 0 Å². The van der Waals surface area contributed by atoms with Gasteiger partial charge in [0, 0.05) is 10.4 Å². The van der Waals surface area contributed by atoms with E-state index in [1.807, 2.05) is 12.1 Å². The zero-order chi connectivity index (χ0) is 18.4. The summed E-state index contributed by atoms with van der Waals surface area (Å²) in [6.07, 6.45) is 6.58. The fraction of sp³-hybridized carbons (Fsp3) is 0.579. The first kappa shape index (κ1) is 19.2. The minimum absolute atomic E-state index is 0.137. The summed E-state index contributed by atoms with van der Waals surface area (Å²) in [5.41, 5.74) is 4.92. The Bertz CT molecular complexity index is 623. The molecule has 1 heterocycles. The van der Waals surface area contributed by atoms with Gasteiger partial charge in [-0.2, -0.15) is 0 Å². The molecule has 1 aliphatic carbocycles. The maximum Gasteiger partial charge on any atom is 0.293 e. The van der Waals surface area contributed by atoms with Crippen LogP contribution < -0.4 is 20.5 Å². The molecule has 26 heavy (non-hydrogen) atoms. The molecule has 3 rings (SSSR count). The first-order chi connectivity index (χ1) is 12.6. The van der Waals surface area contributed by atoms with Crippen molar-refractivity contribution in [1.82, 2.24) is 10.9 Å². The minimum Gasteiger partial charge on any atom is -0.484 e. The highest BCUT2D eigenvalue weighted by Gasteiger charge is 2.34. The van der Waals surface area contributed by atoms with Gasteiger partial charge in [-0.3, -0.25) is 20.4 Å². The lowest BCUT2D eigenvalue weighted by molar-refractivity contribution is -0.902. The molecule has 2 amide bonds. The molecule has 3 atom stereocenters. The summed E-state index contributed by atoms with van der Waals surface area (Å²) < 4.78 is 6.32. The molecule has 0 spiro atoms. The molecule has 1 saturated heterocycles. The highest BCUT2D eigenvalue weighted by molar-refractivity contribution is 9.10. The third-order valence-electron chi connectivity index (χ3n) is 5.42. The Morgan fingerprint density at radius 1 is 1.04 bits per heavy atom. The molecule has 0 aromatic heterocycles. The van der Waals surface area contributed by atoms with Crippen molar-refractivity contribution in [3.05, 3.63) is 28.7 Å². The van der Waals surface area contributed by atoms with E-state index in [-0.39, 0.29) is 18.4 Å². The lowest BCUT2D eigenvalue weighted by Gasteiger charge is -2.38. The summed E-state index contributed by atoms with van der Waals surface area (Å²) in [7, 11) is 0. The molecule has 1 saturated carbocycles. The Hall–Kier alpha value is -1.60. The Kier molecular flexibility index (Phi) is 6.91. The maximum atomic E-state index is 12.1. The molecule has 7 heteroatoms. The number of hydrogen-bond donors (Lipinski definition) is 3. The number of benzene rings is 1. The monoisotopic (exact) mass is 424 g/mol. The second-order valence-corrected chi connectivity index (χ2v) is 8.23. The van der Waals surface area contributed by atoms with Crippen molar-refractivity contribution in [3.63, 3.8) is 0 Å². The standard InChI is InChI=1S/C19H26BrN3O3/c20-16-5-7-17(8-6-16)26-13-19(25)22-21-18(24)12-23-10-9-14-3-1-2-4-15(14)11-23/h5-8,14-15H,1-4,9-13H2,(H,21,24)(H,22,25)/p+1/t14-,15-/m1/s1. The number of halogens is 1. The second kappa shape index (κ2) is 9.37. The van der Waals surface area contributed by atoms with E-state index >= 15 is 0 Å². The third-order valence-corrected chi connectivity index (χ3v) is 5.95. The number of piperidine rings is 1. The molecule has 2 fully saturated rings. The fourth-order valence-corrected chi connectivity index (χ4v) is 4.35. The summed E-state index contributed by atoms with van der Waals surface area (Å²) in [5.74, 6) is 1.73. The van der Waals surface area contributed by atoms with Crippen molar-refractivity contribution in [3.8, 4) is 5.75 Å². The van der Waals surface area contributed by atoms with Gasteiger partial charge in [-0.15, -0.1) is 0 Å². The molecule has 0 radical (unpaired) electrons. The zero-order valence-corrected chi connectivity index (χ0v) is 16.5. The number of ether oxygens (including phenoxy) is 1. The average Bonchev–Trinajstić information content (AvgIpc) is 2.66. The smallest absolute Gasteiger partial charge is 0.293 e. The van der Waals surface area contributed by atoms with Crippen molar-refractivity contribution in [2.45, 2.75) is 32.1 Å². The van der Waals surface area contributed by atoms with Gasteiger partial charge in [0.25, 0.3) is 11.8 Å². The third kappa shape index (κ3) is 5.71. The molecule has 6 nitrogen and oxygen atoms in total. The van der Waals surface area contributed by atoms with Crippen LogP contribution >= 0.6 is 15.9 Å². The van der Waals surface area contributed by atoms with Gasteiger partial charge >= 0.3 is 0 Å². The van der Waals surface area contributed by atoms with Crippen LogP contribution in [-0.2, 0) is 9.59 Å². The highest BCUT2D eigenvalue weighted by atomic mass is 79.9. The number of quaternary nitrogens is 1. The van der Waals surface area contributed by atoms with Crippen LogP contribution in [0, 0.1) is 11.8 Å². The Balaban J connectivity index is 1.33. The summed E-state index contributed by atoms with van der Waals surface area (Å²) in [4.78, 5) is 25.2. The Morgan fingerprint density at radius 2 is 1.73 bits per heavy atom. The molecule has 1 aromatic carbocycles. The van der Waals surface area contributed by atoms with E-state index in [1.165, 1.54) is 37.0 Å². The number of hydrazine groups is 1. The van der Waals surface area contributed by atoms with Crippen LogP contribution in [0.25, 0.3) is 0 Å². The predicted molar refractivity (Wildman–Crippen MR) is 102 cm³/mol. The van der Waals surface area contributed by atoms with E-state index in [0.717, 1.165) is 29.4 Å². The minimum atomic E-state index is -0.373.